The van der Waals surface area contributed by atoms with Gasteiger partial charge in [-0.25, -0.2) is 4.98 Å². The van der Waals surface area contributed by atoms with Gasteiger partial charge in [-0.1, -0.05) is 17.8 Å². The molecule has 1 heterocycles. The number of ether oxygens (including phenoxy) is 3. The van der Waals surface area contributed by atoms with Crippen LogP contribution in [0, 0.1) is 0 Å². The lowest BCUT2D eigenvalue weighted by Crippen LogP contribution is -2.22. The Morgan fingerprint density at radius 2 is 2.04 bits per heavy atom. The molecule has 0 spiro atoms. The molecule has 0 aliphatic carbocycles. The van der Waals surface area contributed by atoms with Crippen LogP contribution >= 0.6 is 11.8 Å². The van der Waals surface area contributed by atoms with E-state index in [0.717, 1.165) is 0 Å². The third-order valence-corrected chi connectivity index (χ3v) is 4.67. The maximum atomic E-state index is 12.6. The summed E-state index contributed by atoms with van der Waals surface area (Å²) in [6, 6.07) is 3.29. The first-order chi connectivity index (χ1) is 12.0. The van der Waals surface area contributed by atoms with Gasteiger partial charge in [0.2, 0.25) is 0 Å². The van der Waals surface area contributed by atoms with E-state index >= 15 is 0 Å². The number of fused-ring (bicyclic) bond motifs is 1. The fraction of sp³-hybridized carbons (Fsp3) is 0.412. The van der Waals surface area contributed by atoms with E-state index in [9.17, 15) is 9.90 Å². The van der Waals surface area contributed by atoms with E-state index < -0.39 is 6.10 Å². The third kappa shape index (κ3) is 4.53. The molecule has 0 saturated carbocycles. The summed E-state index contributed by atoms with van der Waals surface area (Å²) in [6.07, 6.45) is 0.957. The van der Waals surface area contributed by atoms with E-state index in [1.54, 1.807) is 25.3 Å². The molecule has 7 nitrogen and oxygen atoms in total. The molecule has 1 aromatic carbocycles. The summed E-state index contributed by atoms with van der Waals surface area (Å²) in [5, 5.41) is 10.9. The maximum Gasteiger partial charge on any atom is 0.261 e. The van der Waals surface area contributed by atoms with Crippen LogP contribution in [-0.4, -0.2) is 53.9 Å². The average molecular weight is 366 g/mol. The molecule has 0 fully saturated rings. The van der Waals surface area contributed by atoms with Crippen LogP contribution in [0.2, 0.25) is 0 Å². The van der Waals surface area contributed by atoms with Gasteiger partial charge in [0.25, 0.3) is 5.56 Å². The van der Waals surface area contributed by atoms with Crippen molar-refractivity contribution in [2.75, 3.05) is 33.2 Å². The predicted octanol–water partition coefficient (Wildman–Crippen LogP) is 1.61. The molecular formula is C17H22N2O5S. The Kier molecular flexibility index (Phi) is 6.86. The molecule has 1 unspecified atom stereocenters. The monoisotopic (exact) mass is 366 g/mol. The van der Waals surface area contributed by atoms with Crippen molar-refractivity contribution in [1.82, 2.24) is 9.55 Å². The van der Waals surface area contributed by atoms with Gasteiger partial charge in [0.1, 0.15) is 0 Å². The summed E-state index contributed by atoms with van der Waals surface area (Å²) < 4.78 is 17.2. The molecule has 0 aliphatic rings. The highest BCUT2D eigenvalue weighted by molar-refractivity contribution is 7.99. The Balaban J connectivity index is 2.27. The van der Waals surface area contributed by atoms with Crippen LogP contribution in [0.1, 0.15) is 0 Å². The van der Waals surface area contributed by atoms with Crippen LogP contribution in [0.5, 0.6) is 11.5 Å². The van der Waals surface area contributed by atoms with Crippen molar-refractivity contribution in [3.63, 3.8) is 0 Å². The second-order valence-electron chi connectivity index (χ2n) is 5.27. The van der Waals surface area contributed by atoms with Gasteiger partial charge >= 0.3 is 0 Å². The highest BCUT2D eigenvalue weighted by Crippen LogP contribution is 2.30. The number of thioether (sulfide) groups is 1. The first-order valence-corrected chi connectivity index (χ1v) is 8.62. The lowest BCUT2D eigenvalue weighted by Gasteiger charge is -2.13. The number of benzene rings is 1. The summed E-state index contributed by atoms with van der Waals surface area (Å²) >= 11 is 1.29. The van der Waals surface area contributed by atoms with E-state index in [-0.39, 0.29) is 12.2 Å². The van der Waals surface area contributed by atoms with Gasteiger partial charge in [0.15, 0.2) is 16.7 Å². The van der Waals surface area contributed by atoms with Crippen LogP contribution in [0.15, 0.2) is 34.7 Å². The molecule has 25 heavy (non-hydrogen) atoms. The van der Waals surface area contributed by atoms with Crippen molar-refractivity contribution >= 4 is 22.7 Å². The van der Waals surface area contributed by atoms with Crippen molar-refractivity contribution in [2.24, 2.45) is 7.05 Å². The first-order valence-electron chi connectivity index (χ1n) is 7.64. The number of aromatic nitrogens is 2. The topological polar surface area (TPSA) is 82.8 Å². The van der Waals surface area contributed by atoms with Crippen LogP contribution in [-0.2, 0) is 11.8 Å². The van der Waals surface area contributed by atoms with Gasteiger partial charge in [-0.05, 0) is 6.07 Å². The molecular weight excluding hydrogens is 344 g/mol. The molecule has 136 valence electrons. The van der Waals surface area contributed by atoms with Crippen LogP contribution in [0.3, 0.4) is 0 Å². The summed E-state index contributed by atoms with van der Waals surface area (Å²) in [4.78, 5) is 17.1. The minimum absolute atomic E-state index is 0.189. The summed E-state index contributed by atoms with van der Waals surface area (Å²) in [5.74, 6) is 1.34. The zero-order chi connectivity index (χ0) is 18.4. The lowest BCUT2D eigenvalue weighted by atomic mass is 10.2. The van der Waals surface area contributed by atoms with Gasteiger partial charge in [-0.15, -0.1) is 6.58 Å². The minimum Gasteiger partial charge on any atom is -0.493 e. The normalized spacial score (nSPS) is 12.2. The van der Waals surface area contributed by atoms with E-state index in [1.165, 1.54) is 30.5 Å². The molecule has 0 amide bonds. The molecule has 0 saturated heterocycles. The standard InChI is InChI=1S/C17H22N2O5S/c1-5-6-24-9-11(20)10-25-17-18-13-8-15(23-4)14(22-3)7-12(13)16(21)19(17)2/h5,7-8,11,20H,1,6,9-10H2,2-4H3. The number of rotatable bonds is 9. The van der Waals surface area contributed by atoms with Crippen LogP contribution in [0.25, 0.3) is 10.9 Å². The van der Waals surface area contributed by atoms with Crippen molar-refractivity contribution in [2.45, 2.75) is 11.3 Å². The highest BCUT2D eigenvalue weighted by Gasteiger charge is 2.15. The number of hydrogen-bond acceptors (Lipinski definition) is 7. The zero-order valence-corrected chi connectivity index (χ0v) is 15.3. The summed E-state index contributed by atoms with van der Waals surface area (Å²) in [6.45, 7) is 4.13. The van der Waals surface area contributed by atoms with Crippen molar-refractivity contribution in [1.29, 1.82) is 0 Å². The van der Waals surface area contributed by atoms with E-state index in [1.807, 2.05) is 0 Å². The van der Waals surface area contributed by atoms with E-state index in [4.69, 9.17) is 14.2 Å². The van der Waals surface area contributed by atoms with Crippen molar-refractivity contribution < 1.29 is 19.3 Å². The number of aliphatic hydroxyl groups is 1. The Morgan fingerprint density at radius 3 is 2.68 bits per heavy atom. The maximum absolute atomic E-state index is 12.6. The predicted molar refractivity (Wildman–Crippen MR) is 97.8 cm³/mol. The summed E-state index contributed by atoms with van der Waals surface area (Å²) in [7, 11) is 4.69. The number of nitrogens with zero attached hydrogens (tertiary/aromatic N) is 2. The number of hydrogen-bond donors (Lipinski definition) is 1. The van der Waals surface area contributed by atoms with Gasteiger partial charge in [0.05, 0.1) is 44.4 Å². The third-order valence-electron chi connectivity index (χ3n) is 3.49. The second kappa shape index (κ2) is 8.89. The van der Waals surface area contributed by atoms with E-state index in [0.29, 0.717) is 39.9 Å². The van der Waals surface area contributed by atoms with Gasteiger partial charge in [-0.2, -0.15) is 0 Å². The van der Waals surface area contributed by atoms with Gasteiger partial charge in [-0.3, -0.25) is 9.36 Å². The number of methoxy groups -OCH3 is 2. The summed E-state index contributed by atoms with van der Waals surface area (Å²) in [5.41, 5.74) is 0.325. The molecule has 0 aliphatic heterocycles. The van der Waals surface area contributed by atoms with Gasteiger partial charge in [0, 0.05) is 18.9 Å². The number of aliphatic hydroxyl groups excluding tert-OH is 1. The smallest absolute Gasteiger partial charge is 0.261 e. The van der Waals surface area contributed by atoms with Crippen molar-refractivity contribution in [3.8, 4) is 11.5 Å². The Morgan fingerprint density at radius 1 is 1.36 bits per heavy atom. The van der Waals surface area contributed by atoms with E-state index in [2.05, 4.69) is 11.6 Å². The van der Waals surface area contributed by atoms with Crippen LogP contribution in [0.4, 0.5) is 0 Å². The fourth-order valence-electron chi connectivity index (χ4n) is 2.21. The molecule has 0 bridgehead atoms. The Bertz CT molecular complexity index is 806. The molecule has 2 rings (SSSR count). The lowest BCUT2D eigenvalue weighted by molar-refractivity contribution is 0.0625. The van der Waals surface area contributed by atoms with Gasteiger partial charge < -0.3 is 19.3 Å². The first kappa shape index (κ1) is 19.3. The quantitative estimate of drug-likeness (QED) is 0.312. The molecule has 2 aromatic rings. The largest absolute Gasteiger partial charge is 0.493 e. The molecule has 1 atom stereocenters. The molecule has 1 aromatic heterocycles. The van der Waals surface area contributed by atoms with Crippen LogP contribution < -0.4 is 15.0 Å². The highest BCUT2D eigenvalue weighted by atomic mass is 32.2. The SMILES string of the molecule is C=CCOCC(O)CSc1nc2cc(OC)c(OC)cc2c(=O)n1C. The second-order valence-corrected chi connectivity index (χ2v) is 6.26. The molecule has 1 N–H and O–H groups in total. The Labute approximate surface area is 150 Å². The zero-order valence-electron chi connectivity index (χ0n) is 14.5. The Hall–Kier alpha value is -2.03. The minimum atomic E-state index is -0.664. The fourth-order valence-corrected chi connectivity index (χ4v) is 3.09. The average Bonchev–Trinajstić information content (AvgIpc) is 2.62. The van der Waals surface area contributed by atoms with Crippen molar-refractivity contribution in [3.05, 3.63) is 35.1 Å². The molecule has 0 radical (unpaired) electrons. The molecule has 8 heteroatoms.